The summed E-state index contributed by atoms with van der Waals surface area (Å²) < 4.78 is 26.6. The van der Waals surface area contributed by atoms with Crippen LogP contribution in [0.2, 0.25) is 0 Å². The van der Waals surface area contributed by atoms with Crippen LogP contribution in [-0.2, 0) is 9.84 Å². The first-order chi connectivity index (χ1) is 9.88. The van der Waals surface area contributed by atoms with E-state index in [-0.39, 0.29) is 0 Å². The van der Waals surface area contributed by atoms with Crippen LogP contribution in [0.3, 0.4) is 0 Å². The third kappa shape index (κ3) is 2.66. The molecule has 0 radical (unpaired) electrons. The smallest absolute Gasteiger partial charge is 0.178 e. The molecule has 2 aromatic rings. The number of para-hydroxylation sites is 1. The van der Waals surface area contributed by atoms with Gasteiger partial charge in [0.25, 0.3) is 0 Å². The number of H-pyrrole nitrogens is 1. The molecular weight excluding hydrogens is 304 g/mol. The van der Waals surface area contributed by atoms with E-state index in [4.69, 9.17) is 12.2 Å². The van der Waals surface area contributed by atoms with Gasteiger partial charge in [0.1, 0.15) is 0 Å². The third-order valence-corrected chi connectivity index (χ3v) is 5.90. The maximum atomic E-state index is 11.9. The van der Waals surface area contributed by atoms with Gasteiger partial charge in [-0.2, -0.15) is 0 Å². The fourth-order valence-corrected chi connectivity index (χ4v) is 4.50. The molecule has 1 N–H and O–H groups in total. The predicted molar refractivity (Wildman–Crippen MR) is 86.9 cm³/mol. The standard InChI is InChI=1S/C15H20N2O2S2/c1-10-6-8-11(9-7-10)17-12-4-3-5-13(21(2,18)19)14(12)16-15(17)20/h3-5,10-11H,6-9H2,1-2H3,(H,16,20). The number of hydrogen-bond acceptors (Lipinski definition) is 3. The highest BCUT2D eigenvalue weighted by Gasteiger charge is 2.23. The van der Waals surface area contributed by atoms with E-state index in [9.17, 15) is 8.42 Å². The molecule has 6 heteroatoms. The molecule has 114 valence electrons. The monoisotopic (exact) mass is 324 g/mol. The number of rotatable bonds is 2. The summed E-state index contributed by atoms with van der Waals surface area (Å²) in [4.78, 5) is 3.44. The maximum absolute atomic E-state index is 11.9. The molecule has 1 fully saturated rings. The molecule has 0 saturated heterocycles. The summed E-state index contributed by atoms with van der Waals surface area (Å²) in [6.45, 7) is 2.28. The summed E-state index contributed by atoms with van der Waals surface area (Å²) in [5.41, 5.74) is 1.55. The van der Waals surface area contributed by atoms with E-state index in [1.165, 1.54) is 19.1 Å². The van der Waals surface area contributed by atoms with Gasteiger partial charge in [-0.3, -0.25) is 0 Å². The van der Waals surface area contributed by atoms with Crippen LogP contribution >= 0.6 is 12.2 Å². The molecule has 3 rings (SSSR count). The molecule has 21 heavy (non-hydrogen) atoms. The molecule has 1 saturated carbocycles. The van der Waals surface area contributed by atoms with Crippen molar-refractivity contribution in [1.29, 1.82) is 0 Å². The lowest BCUT2D eigenvalue weighted by Gasteiger charge is -2.27. The Morgan fingerprint density at radius 2 is 1.90 bits per heavy atom. The molecule has 4 nitrogen and oxygen atoms in total. The Kier molecular flexibility index (Phi) is 3.69. The Labute approximate surface area is 130 Å². The Morgan fingerprint density at radius 1 is 1.24 bits per heavy atom. The lowest BCUT2D eigenvalue weighted by atomic mass is 9.87. The van der Waals surface area contributed by atoms with Gasteiger partial charge in [-0.05, 0) is 56.0 Å². The predicted octanol–water partition coefficient (Wildman–Crippen LogP) is 3.85. The van der Waals surface area contributed by atoms with Crippen LogP contribution in [0.1, 0.15) is 38.6 Å². The summed E-state index contributed by atoms with van der Waals surface area (Å²) in [5, 5.41) is 0. The van der Waals surface area contributed by atoms with Crippen molar-refractivity contribution in [3.05, 3.63) is 23.0 Å². The summed E-state index contributed by atoms with van der Waals surface area (Å²) in [7, 11) is -3.26. The van der Waals surface area contributed by atoms with Gasteiger partial charge in [-0.1, -0.05) is 13.0 Å². The fourth-order valence-electron chi connectivity index (χ4n) is 3.29. The molecular formula is C15H20N2O2S2. The van der Waals surface area contributed by atoms with Crippen molar-refractivity contribution < 1.29 is 8.42 Å². The largest absolute Gasteiger partial charge is 0.329 e. The van der Waals surface area contributed by atoms with Gasteiger partial charge < -0.3 is 9.55 Å². The van der Waals surface area contributed by atoms with Gasteiger partial charge in [-0.15, -0.1) is 0 Å². The van der Waals surface area contributed by atoms with Crippen LogP contribution in [0.25, 0.3) is 11.0 Å². The van der Waals surface area contributed by atoms with E-state index in [1.54, 1.807) is 12.1 Å². The van der Waals surface area contributed by atoms with Crippen LogP contribution in [-0.4, -0.2) is 24.2 Å². The normalized spacial score (nSPS) is 23.5. The zero-order valence-electron chi connectivity index (χ0n) is 12.3. The van der Waals surface area contributed by atoms with Gasteiger partial charge in [0, 0.05) is 12.3 Å². The number of imidazole rings is 1. The quantitative estimate of drug-likeness (QED) is 0.854. The first kappa shape index (κ1) is 14.8. The van der Waals surface area contributed by atoms with Crippen LogP contribution in [0.15, 0.2) is 23.1 Å². The highest BCUT2D eigenvalue weighted by molar-refractivity contribution is 7.91. The van der Waals surface area contributed by atoms with Crippen molar-refractivity contribution in [2.45, 2.75) is 43.5 Å². The van der Waals surface area contributed by atoms with Gasteiger partial charge in [-0.25, -0.2) is 8.42 Å². The lowest BCUT2D eigenvalue weighted by molar-refractivity contribution is 0.292. The highest BCUT2D eigenvalue weighted by Crippen LogP contribution is 2.35. The Hall–Kier alpha value is -1.14. The molecule has 0 unspecified atom stereocenters. The van der Waals surface area contributed by atoms with Crippen molar-refractivity contribution in [1.82, 2.24) is 9.55 Å². The zero-order valence-corrected chi connectivity index (χ0v) is 13.9. The zero-order chi connectivity index (χ0) is 15.2. The van der Waals surface area contributed by atoms with Crippen molar-refractivity contribution >= 4 is 33.1 Å². The van der Waals surface area contributed by atoms with E-state index in [0.29, 0.717) is 21.2 Å². The van der Waals surface area contributed by atoms with E-state index in [0.717, 1.165) is 24.3 Å². The Balaban J connectivity index is 2.17. The molecule has 0 amide bonds. The highest BCUT2D eigenvalue weighted by atomic mass is 32.2. The molecule has 0 bridgehead atoms. The first-order valence-corrected chi connectivity index (χ1v) is 9.61. The second kappa shape index (κ2) is 5.25. The Morgan fingerprint density at radius 3 is 2.52 bits per heavy atom. The van der Waals surface area contributed by atoms with Crippen LogP contribution in [0, 0.1) is 10.7 Å². The molecule has 1 heterocycles. The molecule has 1 aliphatic rings. The fraction of sp³-hybridized carbons (Fsp3) is 0.533. The molecule has 1 aliphatic carbocycles. The van der Waals surface area contributed by atoms with Crippen LogP contribution in [0.5, 0.6) is 0 Å². The van der Waals surface area contributed by atoms with Crippen molar-refractivity contribution in [2.75, 3.05) is 6.26 Å². The van der Waals surface area contributed by atoms with Crippen LogP contribution < -0.4 is 0 Å². The van der Waals surface area contributed by atoms with Crippen molar-refractivity contribution in [3.63, 3.8) is 0 Å². The van der Waals surface area contributed by atoms with E-state index in [2.05, 4.69) is 16.5 Å². The summed E-state index contributed by atoms with van der Waals surface area (Å²) >= 11 is 5.46. The summed E-state index contributed by atoms with van der Waals surface area (Å²) in [6.07, 6.45) is 5.84. The van der Waals surface area contributed by atoms with E-state index < -0.39 is 9.84 Å². The number of benzene rings is 1. The van der Waals surface area contributed by atoms with Gasteiger partial charge in [0.15, 0.2) is 14.6 Å². The average Bonchev–Trinajstić information content (AvgIpc) is 2.74. The second-order valence-electron chi connectivity index (χ2n) is 6.14. The van der Waals surface area contributed by atoms with Crippen LogP contribution in [0.4, 0.5) is 0 Å². The van der Waals surface area contributed by atoms with Crippen molar-refractivity contribution in [3.8, 4) is 0 Å². The van der Waals surface area contributed by atoms with E-state index >= 15 is 0 Å². The minimum Gasteiger partial charge on any atom is -0.329 e. The molecule has 1 aromatic heterocycles. The minimum absolute atomic E-state index is 0.328. The summed E-state index contributed by atoms with van der Waals surface area (Å²) in [6, 6.07) is 5.76. The van der Waals surface area contributed by atoms with Gasteiger partial charge in [0.2, 0.25) is 0 Å². The average molecular weight is 324 g/mol. The Bertz CT molecular complexity index is 825. The topological polar surface area (TPSA) is 54.9 Å². The lowest BCUT2D eigenvalue weighted by Crippen LogP contribution is -2.16. The molecule has 0 aliphatic heterocycles. The minimum atomic E-state index is -3.26. The van der Waals surface area contributed by atoms with E-state index in [1.807, 2.05) is 6.07 Å². The van der Waals surface area contributed by atoms with Gasteiger partial charge >= 0.3 is 0 Å². The molecule has 1 aromatic carbocycles. The SMILES string of the molecule is CC1CCC(n2c(=S)[nH]c3c(S(C)(=O)=O)cccc32)CC1. The first-order valence-electron chi connectivity index (χ1n) is 7.31. The third-order valence-electron chi connectivity index (χ3n) is 4.46. The molecule has 0 spiro atoms. The number of sulfone groups is 1. The number of aromatic nitrogens is 2. The number of hydrogen-bond donors (Lipinski definition) is 1. The number of nitrogens with one attached hydrogen (secondary N) is 1. The van der Waals surface area contributed by atoms with Gasteiger partial charge in [0.05, 0.1) is 15.9 Å². The summed E-state index contributed by atoms with van der Waals surface area (Å²) in [5.74, 6) is 0.771. The molecule has 0 atom stereocenters. The number of nitrogens with zero attached hydrogens (tertiary/aromatic N) is 1. The second-order valence-corrected chi connectivity index (χ2v) is 8.51. The number of fused-ring (bicyclic) bond motifs is 1. The maximum Gasteiger partial charge on any atom is 0.178 e. The van der Waals surface area contributed by atoms with Crippen molar-refractivity contribution in [2.24, 2.45) is 5.92 Å². The number of aromatic amines is 1.